The number of carbonyl (C=O) groups is 2. The number of hydrogen-bond donors (Lipinski definition) is 1. The van der Waals surface area contributed by atoms with Crippen LogP contribution >= 0.6 is 11.6 Å². The fourth-order valence-corrected chi connectivity index (χ4v) is 3.68. The molecular weight excluding hydrogens is 394 g/mol. The molecule has 0 aliphatic carbocycles. The van der Waals surface area contributed by atoms with E-state index in [1.807, 2.05) is 0 Å². The van der Waals surface area contributed by atoms with Crippen LogP contribution in [0, 0.1) is 0 Å². The Hall–Kier alpha value is -2.36. The van der Waals surface area contributed by atoms with Crippen molar-refractivity contribution in [2.24, 2.45) is 0 Å². The smallest absolute Gasteiger partial charge is 0.325 e. The number of sulfonamides is 1. The van der Waals surface area contributed by atoms with Gasteiger partial charge < -0.3 is 9.73 Å². The molecule has 1 aromatic carbocycles. The molecule has 10 heteroatoms. The Bertz CT molecular complexity index is 1000. The molecule has 0 spiro atoms. The van der Waals surface area contributed by atoms with Crippen molar-refractivity contribution >= 4 is 33.6 Å². The highest BCUT2D eigenvalue weighted by atomic mass is 35.5. The Labute approximate surface area is 161 Å². The second-order valence-electron chi connectivity index (χ2n) is 6.46. The number of urea groups is 1. The molecule has 2 heterocycles. The lowest BCUT2D eigenvalue weighted by Gasteiger charge is -2.22. The van der Waals surface area contributed by atoms with Crippen molar-refractivity contribution in [1.82, 2.24) is 14.5 Å². The van der Waals surface area contributed by atoms with Crippen molar-refractivity contribution in [2.75, 3.05) is 14.1 Å². The van der Waals surface area contributed by atoms with E-state index in [9.17, 15) is 18.0 Å². The van der Waals surface area contributed by atoms with Crippen LogP contribution in [0.25, 0.3) is 0 Å². The summed E-state index contributed by atoms with van der Waals surface area (Å²) in [6.45, 7) is 1.41. The van der Waals surface area contributed by atoms with E-state index < -0.39 is 27.5 Å². The van der Waals surface area contributed by atoms with Gasteiger partial charge in [0, 0.05) is 19.1 Å². The maximum atomic E-state index is 12.9. The first-order valence-corrected chi connectivity index (χ1v) is 9.79. The zero-order valence-electron chi connectivity index (χ0n) is 14.9. The van der Waals surface area contributed by atoms with E-state index >= 15 is 0 Å². The van der Waals surface area contributed by atoms with E-state index in [2.05, 4.69) is 5.32 Å². The van der Waals surface area contributed by atoms with Crippen LogP contribution in [-0.2, 0) is 26.9 Å². The van der Waals surface area contributed by atoms with Crippen LogP contribution in [0.3, 0.4) is 0 Å². The molecule has 0 bridgehead atoms. The van der Waals surface area contributed by atoms with Gasteiger partial charge in [0.05, 0.1) is 6.54 Å². The van der Waals surface area contributed by atoms with E-state index in [-0.39, 0.29) is 17.4 Å². The number of imide groups is 1. The molecule has 1 atom stereocenters. The Morgan fingerprint density at radius 2 is 1.78 bits per heavy atom. The molecule has 3 rings (SSSR count). The van der Waals surface area contributed by atoms with Gasteiger partial charge in [-0.25, -0.2) is 17.5 Å². The molecular formula is C17H18ClN3O5S. The fraction of sp³-hybridized carbons (Fsp3) is 0.294. The lowest BCUT2D eigenvalue weighted by molar-refractivity contribution is -0.131. The van der Waals surface area contributed by atoms with E-state index in [0.29, 0.717) is 10.6 Å². The molecule has 27 heavy (non-hydrogen) atoms. The van der Waals surface area contributed by atoms with Gasteiger partial charge in [0.15, 0.2) is 0 Å². The molecule has 0 radical (unpaired) electrons. The lowest BCUT2D eigenvalue weighted by atomic mass is 9.92. The second kappa shape index (κ2) is 6.66. The summed E-state index contributed by atoms with van der Waals surface area (Å²) in [5.41, 5.74) is -0.657. The molecule has 1 aliphatic heterocycles. The molecule has 1 fully saturated rings. The molecule has 1 N–H and O–H groups in total. The topological polar surface area (TPSA) is 99.9 Å². The van der Waals surface area contributed by atoms with Crippen molar-refractivity contribution in [3.8, 4) is 0 Å². The number of hydrogen-bond acceptors (Lipinski definition) is 5. The highest BCUT2D eigenvalue weighted by Crippen LogP contribution is 2.31. The predicted octanol–water partition coefficient (Wildman–Crippen LogP) is 2.15. The SMILES string of the molecule is CN(C)S(=O)(=O)c1ccc(CN2C(=O)N[C@](C)(c3ccc(Cl)cc3)C2=O)o1. The zero-order chi connectivity index (χ0) is 20.0. The fourth-order valence-electron chi connectivity index (χ4n) is 2.74. The lowest BCUT2D eigenvalue weighted by Crippen LogP contribution is -2.40. The Balaban J connectivity index is 1.85. The number of nitrogens with one attached hydrogen (secondary N) is 1. The molecule has 3 amide bonds. The number of benzene rings is 1. The number of nitrogens with zero attached hydrogens (tertiary/aromatic N) is 2. The molecule has 1 saturated heterocycles. The minimum atomic E-state index is -3.74. The molecule has 144 valence electrons. The van der Waals surface area contributed by atoms with E-state index in [4.69, 9.17) is 16.0 Å². The zero-order valence-corrected chi connectivity index (χ0v) is 16.5. The first-order chi connectivity index (χ1) is 12.6. The largest absolute Gasteiger partial charge is 0.446 e. The highest BCUT2D eigenvalue weighted by Gasteiger charge is 2.49. The van der Waals surface area contributed by atoms with Gasteiger partial charge in [0.1, 0.15) is 11.3 Å². The van der Waals surface area contributed by atoms with Crippen LogP contribution < -0.4 is 5.32 Å². The van der Waals surface area contributed by atoms with E-state index in [1.165, 1.54) is 26.2 Å². The molecule has 2 aromatic rings. The summed E-state index contributed by atoms with van der Waals surface area (Å²) in [7, 11) is -0.974. The van der Waals surface area contributed by atoms with Crippen LogP contribution in [-0.4, -0.2) is 43.7 Å². The third-order valence-corrected chi connectivity index (χ3v) is 6.32. The average molecular weight is 412 g/mol. The summed E-state index contributed by atoms with van der Waals surface area (Å²) >= 11 is 5.88. The third-order valence-electron chi connectivity index (χ3n) is 4.38. The highest BCUT2D eigenvalue weighted by molar-refractivity contribution is 7.88. The van der Waals surface area contributed by atoms with Crippen LogP contribution in [0.1, 0.15) is 18.2 Å². The monoisotopic (exact) mass is 411 g/mol. The van der Waals surface area contributed by atoms with Gasteiger partial charge >= 0.3 is 6.03 Å². The van der Waals surface area contributed by atoms with Gasteiger partial charge in [-0.1, -0.05) is 23.7 Å². The van der Waals surface area contributed by atoms with Crippen molar-refractivity contribution in [1.29, 1.82) is 0 Å². The van der Waals surface area contributed by atoms with Gasteiger partial charge in [-0.2, -0.15) is 0 Å². The van der Waals surface area contributed by atoms with Gasteiger partial charge in [0.25, 0.3) is 15.9 Å². The normalized spacial score (nSPS) is 20.4. The van der Waals surface area contributed by atoms with E-state index in [1.54, 1.807) is 31.2 Å². The molecule has 8 nitrogen and oxygen atoms in total. The van der Waals surface area contributed by atoms with E-state index in [0.717, 1.165) is 9.21 Å². The second-order valence-corrected chi connectivity index (χ2v) is 8.98. The van der Waals surface area contributed by atoms with Crippen LogP contribution in [0.15, 0.2) is 45.9 Å². The predicted molar refractivity (Wildman–Crippen MR) is 97.5 cm³/mol. The van der Waals surface area contributed by atoms with Gasteiger partial charge in [0.2, 0.25) is 5.09 Å². The maximum Gasteiger partial charge on any atom is 0.325 e. The number of amides is 3. The van der Waals surface area contributed by atoms with Crippen LogP contribution in [0.4, 0.5) is 4.79 Å². The maximum absolute atomic E-state index is 12.9. The third kappa shape index (κ3) is 3.33. The van der Waals surface area contributed by atoms with Gasteiger partial charge in [-0.15, -0.1) is 0 Å². The Morgan fingerprint density at radius 3 is 2.37 bits per heavy atom. The first kappa shape index (κ1) is 19.4. The minimum Gasteiger partial charge on any atom is -0.446 e. The minimum absolute atomic E-state index is 0.180. The van der Waals surface area contributed by atoms with Crippen molar-refractivity contribution < 1.29 is 22.4 Å². The van der Waals surface area contributed by atoms with Crippen LogP contribution in [0.2, 0.25) is 5.02 Å². The summed E-state index contributed by atoms with van der Waals surface area (Å²) in [6.07, 6.45) is 0. The van der Waals surface area contributed by atoms with Crippen LogP contribution in [0.5, 0.6) is 0 Å². The molecule has 0 saturated carbocycles. The number of carbonyl (C=O) groups excluding carboxylic acids is 2. The Morgan fingerprint density at radius 1 is 1.15 bits per heavy atom. The summed E-state index contributed by atoms with van der Waals surface area (Å²) in [4.78, 5) is 26.2. The number of rotatable bonds is 5. The molecule has 1 aliphatic rings. The average Bonchev–Trinajstić information content (AvgIpc) is 3.15. The van der Waals surface area contributed by atoms with Gasteiger partial charge in [-0.3, -0.25) is 9.69 Å². The quantitative estimate of drug-likeness (QED) is 0.760. The standard InChI is InChI=1S/C17H18ClN3O5S/c1-17(11-4-6-12(18)7-5-11)15(22)21(16(23)19-17)10-13-8-9-14(26-13)27(24,25)20(2)3/h4-9H,10H2,1-3H3,(H,19,23)/t17-/m1/s1. The summed E-state index contributed by atoms with van der Waals surface area (Å²) in [5.74, 6) is -0.289. The van der Waals surface area contributed by atoms with Crippen molar-refractivity contribution in [2.45, 2.75) is 24.1 Å². The summed E-state index contributed by atoms with van der Waals surface area (Å²) < 4.78 is 30.5. The number of halogens is 1. The number of furan rings is 1. The van der Waals surface area contributed by atoms with Gasteiger partial charge in [-0.05, 0) is 36.8 Å². The Kier molecular flexibility index (Phi) is 4.79. The molecule has 0 unspecified atom stereocenters. The molecule has 1 aromatic heterocycles. The van der Waals surface area contributed by atoms with Crippen molar-refractivity contribution in [3.05, 3.63) is 52.7 Å². The van der Waals surface area contributed by atoms with Crippen molar-refractivity contribution in [3.63, 3.8) is 0 Å². The first-order valence-electron chi connectivity index (χ1n) is 7.97. The summed E-state index contributed by atoms with van der Waals surface area (Å²) in [6, 6.07) is 8.73. The summed E-state index contributed by atoms with van der Waals surface area (Å²) in [5, 5.41) is 2.93.